The predicted molar refractivity (Wildman–Crippen MR) is 113 cm³/mol. The van der Waals surface area contributed by atoms with Crippen molar-refractivity contribution in [3.05, 3.63) is 0 Å². The largest absolute Gasteiger partial charge is 0.857 e. The monoisotopic (exact) mass is 393 g/mol. The van der Waals surface area contributed by atoms with Gasteiger partial charge in [0.25, 0.3) is 0 Å². The molecule has 8 nitrogen and oxygen atoms in total. The van der Waals surface area contributed by atoms with E-state index in [-0.39, 0.29) is 17.1 Å². The molecule has 2 aromatic rings. The Hall–Kier alpha value is -1.96. The average Bonchev–Trinajstić information content (AvgIpc) is 3.16. The molecule has 160 valence electrons. The molecule has 0 spiro atoms. The number of aromatic amines is 1. The Morgan fingerprint density at radius 1 is 0.786 bits per heavy atom. The summed E-state index contributed by atoms with van der Waals surface area (Å²) in [4.78, 5) is 7.02. The van der Waals surface area contributed by atoms with Crippen LogP contribution in [0.25, 0.3) is 11.2 Å². The van der Waals surface area contributed by atoms with Gasteiger partial charge in [-0.1, -0.05) is 53.4 Å². The zero-order valence-corrected chi connectivity index (χ0v) is 18.2. The van der Waals surface area contributed by atoms with E-state index < -0.39 is 5.88 Å². The summed E-state index contributed by atoms with van der Waals surface area (Å²) in [5.74, 6) is -0.599. The number of nitrogens with two attached hydrogens (primary N) is 1. The number of nitrogens with one attached hydrogen (secondary N) is 1. The summed E-state index contributed by atoms with van der Waals surface area (Å²) in [5.41, 5.74) is 5.49. The van der Waals surface area contributed by atoms with Crippen LogP contribution in [0.4, 0.5) is 5.95 Å². The van der Waals surface area contributed by atoms with Crippen LogP contribution >= 0.6 is 0 Å². The van der Waals surface area contributed by atoms with Crippen molar-refractivity contribution in [2.75, 3.05) is 31.9 Å². The van der Waals surface area contributed by atoms with Crippen LogP contribution in [0.5, 0.6) is 5.88 Å². The SMILES string of the molecule is CCCC[N+](CCCC)(CCCC)CCCC.Nc1nc([O-])c2n[nH]nc2n1. The number of fused-ring (bicyclic) bond motifs is 1. The molecule has 0 atom stereocenters. The number of nitrogens with zero attached hydrogens (tertiary/aromatic N) is 5. The third kappa shape index (κ3) is 7.96. The van der Waals surface area contributed by atoms with Crippen molar-refractivity contribution in [2.24, 2.45) is 0 Å². The van der Waals surface area contributed by atoms with Crippen LogP contribution in [-0.4, -0.2) is 56.0 Å². The normalized spacial score (nSPS) is 11.4. The number of unbranched alkanes of at least 4 members (excludes halogenated alkanes) is 4. The Balaban J connectivity index is 0.000000302. The fourth-order valence-electron chi connectivity index (χ4n) is 3.38. The number of nitrogen functional groups attached to an aromatic ring is 1. The molecule has 0 bridgehead atoms. The summed E-state index contributed by atoms with van der Waals surface area (Å²) < 4.78 is 1.42. The van der Waals surface area contributed by atoms with Gasteiger partial charge in [0.05, 0.1) is 26.2 Å². The van der Waals surface area contributed by atoms with Gasteiger partial charge in [-0.25, -0.2) is 4.98 Å². The van der Waals surface area contributed by atoms with Crippen molar-refractivity contribution in [1.82, 2.24) is 25.4 Å². The van der Waals surface area contributed by atoms with Gasteiger partial charge in [-0.2, -0.15) is 15.3 Å². The lowest BCUT2D eigenvalue weighted by Crippen LogP contribution is -2.50. The fraction of sp³-hybridized carbons (Fsp3) is 0.800. The van der Waals surface area contributed by atoms with E-state index in [1.165, 1.54) is 82.0 Å². The van der Waals surface area contributed by atoms with Gasteiger partial charge in [-0.05, 0) is 25.7 Å². The van der Waals surface area contributed by atoms with Crippen LogP contribution in [0.15, 0.2) is 0 Å². The first-order chi connectivity index (χ1) is 13.5. The molecule has 0 aliphatic carbocycles. The van der Waals surface area contributed by atoms with Crippen molar-refractivity contribution in [3.8, 4) is 5.88 Å². The van der Waals surface area contributed by atoms with E-state index in [2.05, 4.69) is 53.1 Å². The fourth-order valence-corrected chi connectivity index (χ4v) is 3.38. The predicted octanol–water partition coefficient (Wildman–Crippen LogP) is 3.41. The quantitative estimate of drug-likeness (QED) is 0.534. The van der Waals surface area contributed by atoms with E-state index in [1.807, 2.05) is 0 Å². The number of hydrogen-bond acceptors (Lipinski definition) is 6. The summed E-state index contributed by atoms with van der Waals surface area (Å²) in [7, 11) is 0. The van der Waals surface area contributed by atoms with E-state index in [0.717, 1.165) is 0 Å². The maximum absolute atomic E-state index is 10.9. The molecule has 2 heterocycles. The Morgan fingerprint density at radius 2 is 1.25 bits per heavy atom. The van der Waals surface area contributed by atoms with Gasteiger partial charge in [-0.3, -0.25) is 0 Å². The average molecular weight is 394 g/mol. The number of hydrogen-bond donors (Lipinski definition) is 2. The lowest BCUT2D eigenvalue weighted by Gasteiger charge is -2.39. The second-order valence-corrected chi connectivity index (χ2v) is 7.53. The first-order valence-electron chi connectivity index (χ1n) is 10.9. The van der Waals surface area contributed by atoms with Gasteiger partial charge >= 0.3 is 0 Å². The second kappa shape index (κ2) is 13.3. The third-order valence-corrected chi connectivity index (χ3v) is 5.11. The van der Waals surface area contributed by atoms with E-state index in [1.54, 1.807) is 0 Å². The summed E-state index contributed by atoms with van der Waals surface area (Å²) in [6.07, 6.45) is 11.1. The van der Waals surface area contributed by atoms with Crippen LogP contribution in [0, 0.1) is 0 Å². The molecular weight excluding hydrogens is 354 g/mol. The van der Waals surface area contributed by atoms with Crippen LogP contribution in [0.1, 0.15) is 79.1 Å². The van der Waals surface area contributed by atoms with Crippen LogP contribution in [0.3, 0.4) is 0 Å². The Kier molecular flexibility index (Phi) is 11.4. The molecule has 0 saturated heterocycles. The first-order valence-corrected chi connectivity index (χ1v) is 10.9. The van der Waals surface area contributed by atoms with E-state index in [4.69, 9.17) is 5.73 Å². The summed E-state index contributed by atoms with van der Waals surface area (Å²) in [5, 5.41) is 20.3. The minimum atomic E-state index is -0.513. The van der Waals surface area contributed by atoms with E-state index >= 15 is 0 Å². The molecule has 0 unspecified atom stereocenters. The van der Waals surface area contributed by atoms with Gasteiger partial charge in [0.15, 0.2) is 0 Å². The van der Waals surface area contributed by atoms with Crippen molar-refractivity contribution < 1.29 is 9.59 Å². The summed E-state index contributed by atoms with van der Waals surface area (Å²) >= 11 is 0. The topological polar surface area (TPSA) is 116 Å². The Labute approximate surface area is 169 Å². The third-order valence-electron chi connectivity index (χ3n) is 5.11. The zero-order valence-electron chi connectivity index (χ0n) is 18.2. The number of rotatable bonds is 12. The van der Waals surface area contributed by atoms with Gasteiger partial charge in [0, 0.05) is 5.88 Å². The highest BCUT2D eigenvalue weighted by molar-refractivity contribution is 5.74. The lowest BCUT2D eigenvalue weighted by molar-refractivity contribution is -0.929. The molecular formula is C20H39N7O. The molecule has 0 aliphatic heterocycles. The van der Waals surface area contributed by atoms with Crippen molar-refractivity contribution in [1.29, 1.82) is 0 Å². The van der Waals surface area contributed by atoms with Crippen LogP contribution < -0.4 is 10.8 Å². The summed E-state index contributed by atoms with van der Waals surface area (Å²) in [6.45, 7) is 15.0. The number of anilines is 1. The van der Waals surface area contributed by atoms with E-state index in [0.29, 0.717) is 0 Å². The molecule has 0 fully saturated rings. The maximum atomic E-state index is 10.9. The van der Waals surface area contributed by atoms with Crippen molar-refractivity contribution in [2.45, 2.75) is 79.1 Å². The number of quaternary nitrogens is 1. The highest BCUT2D eigenvalue weighted by Crippen LogP contribution is 2.16. The molecule has 0 aromatic carbocycles. The van der Waals surface area contributed by atoms with Gasteiger partial charge in [0.1, 0.15) is 5.52 Å². The molecule has 0 amide bonds. The van der Waals surface area contributed by atoms with Gasteiger partial charge in [0.2, 0.25) is 11.6 Å². The minimum absolute atomic E-state index is 0.0867. The van der Waals surface area contributed by atoms with Crippen molar-refractivity contribution >= 4 is 17.1 Å². The molecule has 3 N–H and O–H groups in total. The maximum Gasteiger partial charge on any atom is 0.221 e. The molecule has 0 aliphatic rings. The molecule has 8 heteroatoms. The standard InChI is InChI=1S/C16H36N.C4H4N6O/c1-5-9-13-17(14-10-6-2,15-11-7-3)16-12-8-4;5-4-6-2-1(3(11)7-4)8-10-9-2/h5-16H2,1-4H3;(H4,5,6,7,8,9,10,11)/q+1;/p-1. The molecule has 0 saturated carbocycles. The minimum Gasteiger partial charge on any atom is -0.857 e. The Morgan fingerprint density at radius 3 is 1.68 bits per heavy atom. The van der Waals surface area contributed by atoms with Crippen LogP contribution in [0.2, 0.25) is 0 Å². The van der Waals surface area contributed by atoms with Crippen molar-refractivity contribution in [3.63, 3.8) is 0 Å². The molecule has 2 aromatic heterocycles. The lowest BCUT2D eigenvalue weighted by atomic mass is 10.1. The highest BCUT2D eigenvalue weighted by atomic mass is 16.3. The molecule has 2 rings (SSSR count). The molecule has 0 radical (unpaired) electrons. The highest BCUT2D eigenvalue weighted by Gasteiger charge is 2.24. The number of aromatic nitrogens is 5. The zero-order chi connectivity index (χ0) is 20.8. The summed E-state index contributed by atoms with van der Waals surface area (Å²) in [6, 6.07) is 0. The van der Waals surface area contributed by atoms with Gasteiger partial charge < -0.3 is 15.3 Å². The Bertz CT molecular complexity index is 622. The molecule has 28 heavy (non-hydrogen) atoms. The second-order valence-electron chi connectivity index (χ2n) is 7.53. The first kappa shape index (κ1) is 24.1. The van der Waals surface area contributed by atoms with E-state index in [9.17, 15) is 5.11 Å². The van der Waals surface area contributed by atoms with Crippen LogP contribution in [-0.2, 0) is 0 Å². The van der Waals surface area contributed by atoms with Gasteiger partial charge in [-0.15, -0.1) is 5.10 Å². The number of H-pyrrole nitrogens is 1. The smallest absolute Gasteiger partial charge is 0.221 e.